The summed E-state index contributed by atoms with van der Waals surface area (Å²) < 4.78 is 5.57. The number of carbonyl (C=O) groups excluding carboxylic acids is 1. The van der Waals surface area contributed by atoms with Crippen LogP contribution in [0.3, 0.4) is 0 Å². The molecular weight excluding hydrogens is 330 g/mol. The molecule has 2 amide bonds. The largest absolute Gasteiger partial charge is 0.381 e. The molecule has 2 N–H and O–H groups in total. The van der Waals surface area contributed by atoms with E-state index in [1.54, 1.807) is 0 Å². The molecule has 2 atom stereocenters. The SMILES string of the molecule is CN(C)c1ccc(N[C@H]2CCCN(C(=O)NC[C@H]3CCCO3)CC2)cn1. The number of ether oxygens (including phenoxy) is 1. The van der Waals surface area contributed by atoms with Crippen molar-refractivity contribution in [3.8, 4) is 0 Å². The first kappa shape index (κ1) is 18.8. The molecular formula is C19H31N5O2. The van der Waals surface area contributed by atoms with Gasteiger partial charge in [-0.2, -0.15) is 0 Å². The summed E-state index contributed by atoms with van der Waals surface area (Å²) in [5.41, 5.74) is 1.04. The van der Waals surface area contributed by atoms with Crippen molar-refractivity contribution in [2.75, 3.05) is 50.6 Å². The molecule has 2 aliphatic heterocycles. The molecule has 0 spiro atoms. The third-order valence-corrected chi connectivity index (χ3v) is 5.10. The van der Waals surface area contributed by atoms with E-state index in [0.29, 0.717) is 12.6 Å². The van der Waals surface area contributed by atoms with E-state index in [1.165, 1.54) is 0 Å². The molecule has 0 unspecified atom stereocenters. The van der Waals surface area contributed by atoms with Crippen LogP contribution in [-0.4, -0.2) is 68.4 Å². The summed E-state index contributed by atoms with van der Waals surface area (Å²) in [6.07, 6.45) is 7.24. The number of likely N-dealkylation sites (tertiary alicyclic amines) is 1. The maximum absolute atomic E-state index is 12.4. The molecule has 0 aliphatic carbocycles. The molecule has 7 heteroatoms. The van der Waals surface area contributed by atoms with Gasteiger partial charge in [0.25, 0.3) is 0 Å². The van der Waals surface area contributed by atoms with E-state index in [1.807, 2.05) is 36.2 Å². The van der Waals surface area contributed by atoms with Crippen LogP contribution in [-0.2, 0) is 4.74 Å². The van der Waals surface area contributed by atoms with Crippen LogP contribution in [0.2, 0.25) is 0 Å². The molecule has 2 fully saturated rings. The molecule has 144 valence electrons. The van der Waals surface area contributed by atoms with Gasteiger partial charge >= 0.3 is 6.03 Å². The highest BCUT2D eigenvalue weighted by atomic mass is 16.5. The van der Waals surface area contributed by atoms with Crippen molar-refractivity contribution < 1.29 is 9.53 Å². The highest BCUT2D eigenvalue weighted by Crippen LogP contribution is 2.18. The number of nitrogens with zero attached hydrogens (tertiary/aromatic N) is 3. The maximum Gasteiger partial charge on any atom is 0.317 e. The second-order valence-electron chi connectivity index (χ2n) is 7.38. The van der Waals surface area contributed by atoms with Crippen molar-refractivity contribution in [3.63, 3.8) is 0 Å². The number of aromatic nitrogens is 1. The number of hydrogen-bond donors (Lipinski definition) is 2. The van der Waals surface area contributed by atoms with Crippen molar-refractivity contribution in [3.05, 3.63) is 18.3 Å². The van der Waals surface area contributed by atoms with Gasteiger partial charge in [-0.1, -0.05) is 0 Å². The monoisotopic (exact) mass is 361 g/mol. The van der Waals surface area contributed by atoms with Crippen LogP contribution >= 0.6 is 0 Å². The minimum atomic E-state index is 0.0400. The van der Waals surface area contributed by atoms with Gasteiger partial charge in [-0.25, -0.2) is 9.78 Å². The van der Waals surface area contributed by atoms with Crippen LogP contribution in [0.25, 0.3) is 0 Å². The Morgan fingerprint density at radius 1 is 1.27 bits per heavy atom. The quantitative estimate of drug-likeness (QED) is 0.842. The predicted molar refractivity (Wildman–Crippen MR) is 104 cm³/mol. The summed E-state index contributed by atoms with van der Waals surface area (Å²) >= 11 is 0. The Hall–Kier alpha value is -2.02. The van der Waals surface area contributed by atoms with Gasteiger partial charge in [-0.15, -0.1) is 0 Å². The fourth-order valence-corrected chi connectivity index (χ4v) is 3.53. The van der Waals surface area contributed by atoms with Crippen LogP contribution in [0.1, 0.15) is 32.1 Å². The van der Waals surface area contributed by atoms with Crippen LogP contribution in [0, 0.1) is 0 Å². The number of nitrogens with one attached hydrogen (secondary N) is 2. The van der Waals surface area contributed by atoms with E-state index >= 15 is 0 Å². The second-order valence-corrected chi connectivity index (χ2v) is 7.38. The van der Waals surface area contributed by atoms with Crippen LogP contribution in [0.5, 0.6) is 0 Å². The van der Waals surface area contributed by atoms with Crippen LogP contribution in [0.4, 0.5) is 16.3 Å². The molecule has 0 aromatic carbocycles. The zero-order valence-electron chi connectivity index (χ0n) is 15.9. The first-order chi connectivity index (χ1) is 12.6. The smallest absolute Gasteiger partial charge is 0.317 e. The van der Waals surface area contributed by atoms with Crippen molar-refractivity contribution in [2.24, 2.45) is 0 Å². The molecule has 7 nitrogen and oxygen atoms in total. The van der Waals surface area contributed by atoms with Gasteiger partial charge in [0.05, 0.1) is 18.0 Å². The van der Waals surface area contributed by atoms with Gasteiger partial charge in [0.1, 0.15) is 5.82 Å². The van der Waals surface area contributed by atoms with Crippen molar-refractivity contribution >= 4 is 17.5 Å². The summed E-state index contributed by atoms with van der Waals surface area (Å²) in [4.78, 5) is 20.8. The Bertz CT molecular complexity index is 572. The molecule has 0 saturated carbocycles. The zero-order valence-corrected chi connectivity index (χ0v) is 15.9. The molecule has 1 aromatic heterocycles. The molecule has 2 saturated heterocycles. The molecule has 3 heterocycles. The lowest BCUT2D eigenvalue weighted by Crippen LogP contribution is -2.43. The molecule has 0 bridgehead atoms. The Balaban J connectivity index is 1.44. The van der Waals surface area contributed by atoms with Gasteiger partial charge in [0.2, 0.25) is 0 Å². The number of anilines is 2. The average molecular weight is 361 g/mol. The average Bonchev–Trinajstić information content (AvgIpc) is 3.05. The van der Waals surface area contributed by atoms with E-state index in [2.05, 4.69) is 21.7 Å². The third kappa shape index (κ3) is 5.24. The number of carbonyl (C=O) groups is 1. The lowest BCUT2D eigenvalue weighted by Gasteiger charge is -2.22. The van der Waals surface area contributed by atoms with Crippen molar-refractivity contribution in [1.29, 1.82) is 0 Å². The highest BCUT2D eigenvalue weighted by Gasteiger charge is 2.22. The molecule has 1 aromatic rings. The molecule has 3 rings (SSSR count). The van der Waals surface area contributed by atoms with Crippen molar-refractivity contribution in [2.45, 2.75) is 44.2 Å². The van der Waals surface area contributed by atoms with E-state index in [4.69, 9.17) is 4.74 Å². The second kappa shape index (κ2) is 9.07. The number of amides is 2. The Morgan fingerprint density at radius 3 is 2.85 bits per heavy atom. The summed E-state index contributed by atoms with van der Waals surface area (Å²) in [5, 5.41) is 6.59. The molecule has 0 radical (unpaired) electrons. The molecule has 2 aliphatic rings. The van der Waals surface area contributed by atoms with Gasteiger partial charge in [-0.3, -0.25) is 0 Å². The fraction of sp³-hybridized carbons (Fsp3) is 0.684. The minimum absolute atomic E-state index is 0.0400. The normalized spacial score (nSPS) is 23.4. The van der Waals surface area contributed by atoms with Crippen LogP contribution < -0.4 is 15.5 Å². The third-order valence-electron chi connectivity index (χ3n) is 5.10. The summed E-state index contributed by atoms with van der Waals surface area (Å²) in [6.45, 7) is 3.04. The summed E-state index contributed by atoms with van der Waals surface area (Å²) in [6, 6.07) is 4.50. The van der Waals surface area contributed by atoms with Gasteiger partial charge in [0.15, 0.2) is 0 Å². The van der Waals surface area contributed by atoms with Gasteiger partial charge in [-0.05, 0) is 44.2 Å². The zero-order chi connectivity index (χ0) is 18.4. The van der Waals surface area contributed by atoms with Crippen molar-refractivity contribution in [1.82, 2.24) is 15.2 Å². The van der Waals surface area contributed by atoms with E-state index < -0.39 is 0 Å². The summed E-state index contributed by atoms with van der Waals surface area (Å²) in [7, 11) is 3.97. The molecule has 26 heavy (non-hydrogen) atoms. The van der Waals surface area contributed by atoms with Gasteiger partial charge in [0, 0.05) is 46.4 Å². The summed E-state index contributed by atoms with van der Waals surface area (Å²) in [5.74, 6) is 0.950. The predicted octanol–water partition coefficient (Wildman–Crippen LogP) is 2.30. The van der Waals surface area contributed by atoms with E-state index in [9.17, 15) is 4.79 Å². The Morgan fingerprint density at radius 2 is 2.15 bits per heavy atom. The fourth-order valence-electron chi connectivity index (χ4n) is 3.53. The van der Waals surface area contributed by atoms with E-state index in [-0.39, 0.29) is 12.1 Å². The van der Waals surface area contributed by atoms with E-state index in [0.717, 1.165) is 63.3 Å². The first-order valence-corrected chi connectivity index (χ1v) is 9.66. The number of rotatable bonds is 5. The topological polar surface area (TPSA) is 69.7 Å². The lowest BCUT2D eigenvalue weighted by atomic mass is 10.1. The Kier molecular flexibility index (Phi) is 6.55. The Labute approximate surface area is 156 Å². The lowest BCUT2D eigenvalue weighted by molar-refractivity contribution is 0.109. The standard InChI is InChI=1S/C19H31N5O2/c1-23(2)18-8-7-16(13-20-18)22-15-5-3-10-24(11-9-15)19(25)21-14-17-6-4-12-26-17/h7-8,13,15,17,22H,3-6,9-12,14H2,1-2H3,(H,21,25)/t15-,17+/m0/s1. The number of hydrogen-bond acceptors (Lipinski definition) is 5. The number of pyridine rings is 1. The number of urea groups is 1. The van der Waals surface area contributed by atoms with Crippen LogP contribution in [0.15, 0.2) is 18.3 Å². The minimum Gasteiger partial charge on any atom is -0.381 e. The first-order valence-electron chi connectivity index (χ1n) is 9.66. The highest BCUT2D eigenvalue weighted by molar-refractivity contribution is 5.74. The van der Waals surface area contributed by atoms with Gasteiger partial charge < -0.3 is 25.2 Å². The maximum atomic E-state index is 12.4.